The van der Waals surface area contributed by atoms with Gasteiger partial charge in [-0.25, -0.2) is 4.39 Å². The zero-order valence-electron chi connectivity index (χ0n) is 9.77. The van der Waals surface area contributed by atoms with Crippen molar-refractivity contribution in [1.82, 2.24) is 5.32 Å². The number of ether oxygens (including phenoxy) is 2. The van der Waals surface area contributed by atoms with E-state index in [0.29, 0.717) is 5.75 Å². The molecule has 0 aromatic heterocycles. The van der Waals surface area contributed by atoms with Crippen molar-refractivity contribution < 1.29 is 18.7 Å². The fourth-order valence-corrected chi connectivity index (χ4v) is 1.96. The average molecular weight is 306 g/mol. The van der Waals surface area contributed by atoms with Gasteiger partial charge in [-0.1, -0.05) is 0 Å². The van der Waals surface area contributed by atoms with Crippen LogP contribution in [0.5, 0.6) is 11.5 Å². The van der Waals surface area contributed by atoms with Crippen molar-refractivity contribution in [2.24, 2.45) is 0 Å². The van der Waals surface area contributed by atoms with Crippen LogP contribution in [0.4, 0.5) is 4.39 Å². The van der Waals surface area contributed by atoms with Crippen LogP contribution in [0.2, 0.25) is 0 Å². The Morgan fingerprint density at radius 3 is 2.59 bits per heavy atom. The molecule has 0 spiro atoms. The summed E-state index contributed by atoms with van der Waals surface area (Å²) in [6, 6.07) is 1.33. The van der Waals surface area contributed by atoms with E-state index in [1.807, 2.05) is 0 Å². The molecule has 1 N–H and O–H groups in total. The fourth-order valence-electron chi connectivity index (χ4n) is 1.39. The Morgan fingerprint density at radius 2 is 2.12 bits per heavy atom. The summed E-state index contributed by atoms with van der Waals surface area (Å²) in [6.07, 6.45) is 0. The molecule has 0 saturated carbocycles. The van der Waals surface area contributed by atoms with Gasteiger partial charge in [-0.15, -0.1) is 0 Å². The Bertz CT molecular complexity index is 437. The second-order valence-electron chi connectivity index (χ2n) is 3.24. The maximum Gasteiger partial charge on any atom is 0.179 e. The molecule has 0 saturated heterocycles. The summed E-state index contributed by atoms with van der Waals surface area (Å²) < 4.78 is 24.0. The molecule has 6 heteroatoms. The Kier molecular flexibility index (Phi) is 4.89. The molecular weight excluding hydrogens is 293 g/mol. The average Bonchev–Trinajstić information content (AvgIpc) is 2.32. The highest BCUT2D eigenvalue weighted by molar-refractivity contribution is 9.10. The number of ketones is 1. The summed E-state index contributed by atoms with van der Waals surface area (Å²) in [4.78, 5) is 11.7. The molecule has 0 radical (unpaired) electrons. The van der Waals surface area contributed by atoms with Gasteiger partial charge in [-0.05, 0) is 29.0 Å². The molecule has 0 amide bonds. The maximum atomic E-state index is 13.9. The third-order valence-electron chi connectivity index (χ3n) is 2.19. The van der Waals surface area contributed by atoms with Gasteiger partial charge in [0.2, 0.25) is 0 Å². The predicted molar refractivity (Wildman–Crippen MR) is 65.5 cm³/mol. The SMILES string of the molecule is CNCC(=O)c1cc(OC)c(OC)c(Br)c1F. The molecular formula is C11H13BrFNO3. The highest BCUT2D eigenvalue weighted by Crippen LogP contribution is 2.38. The van der Waals surface area contributed by atoms with Crippen molar-refractivity contribution in [3.05, 3.63) is 21.9 Å². The van der Waals surface area contributed by atoms with Gasteiger partial charge in [-0.2, -0.15) is 0 Å². The van der Waals surface area contributed by atoms with Crippen LogP contribution in [0.3, 0.4) is 0 Å². The number of rotatable bonds is 5. The minimum atomic E-state index is -0.650. The van der Waals surface area contributed by atoms with Crippen LogP contribution in [-0.4, -0.2) is 33.6 Å². The minimum Gasteiger partial charge on any atom is -0.493 e. The first-order valence-electron chi connectivity index (χ1n) is 4.84. The van der Waals surface area contributed by atoms with Crippen LogP contribution in [0.1, 0.15) is 10.4 Å². The predicted octanol–water partition coefficient (Wildman–Crippen LogP) is 2.01. The van der Waals surface area contributed by atoms with E-state index in [-0.39, 0.29) is 28.1 Å². The summed E-state index contributed by atoms with van der Waals surface area (Å²) in [6.45, 7) is 0.0544. The number of methoxy groups -OCH3 is 2. The number of hydrogen-bond acceptors (Lipinski definition) is 4. The molecule has 0 bridgehead atoms. The van der Waals surface area contributed by atoms with Gasteiger partial charge in [0.1, 0.15) is 0 Å². The molecule has 0 unspecified atom stereocenters. The molecule has 17 heavy (non-hydrogen) atoms. The maximum absolute atomic E-state index is 13.9. The summed E-state index contributed by atoms with van der Waals surface area (Å²) in [5, 5.41) is 2.68. The van der Waals surface area contributed by atoms with E-state index in [4.69, 9.17) is 9.47 Å². The van der Waals surface area contributed by atoms with Crippen LogP contribution in [-0.2, 0) is 0 Å². The van der Waals surface area contributed by atoms with E-state index >= 15 is 0 Å². The van der Waals surface area contributed by atoms with Crippen molar-refractivity contribution in [3.8, 4) is 11.5 Å². The zero-order chi connectivity index (χ0) is 13.0. The topological polar surface area (TPSA) is 47.6 Å². The Labute approximate surface area is 107 Å². The number of carbonyl (C=O) groups excluding carboxylic acids is 1. The highest BCUT2D eigenvalue weighted by Gasteiger charge is 2.21. The van der Waals surface area contributed by atoms with Crippen LogP contribution >= 0.6 is 15.9 Å². The number of hydrogen-bond donors (Lipinski definition) is 1. The molecule has 4 nitrogen and oxygen atoms in total. The number of halogens is 2. The molecule has 1 aromatic carbocycles. The molecule has 94 valence electrons. The van der Waals surface area contributed by atoms with E-state index < -0.39 is 5.82 Å². The first-order valence-corrected chi connectivity index (χ1v) is 5.63. The lowest BCUT2D eigenvalue weighted by Crippen LogP contribution is -2.20. The lowest BCUT2D eigenvalue weighted by molar-refractivity contribution is 0.0989. The normalized spacial score (nSPS) is 10.2. The standard InChI is InChI=1S/C11H13BrFNO3/c1-14-5-7(15)6-4-8(16-2)11(17-3)9(12)10(6)13/h4,14H,5H2,1-3H3. The van der Waals surface area contributed by atoms with Gasteiger partial charge in [0.15, 0.2) is 23.1 Å². The van der Waals surface area contributed by atoms with Crippen molar-refractivity contribution in [2.75, 3.05) is 27.8 Å². The van der Waals surface area contributed by atoms with E-state index in [1.54, 1.807) is 7.05 Å². The molecule has 0 heterocycles. The number of benzene rings is 1. The van der Waals surface area contributed by atoms with E-state index in [9.17, 15) is 9.18 Å². The van der Waals surface area contributed by atoms with E-state index in [0.717, 1.165) is 0 Å². The Morgan fingerprint density at radius 1 is 1.47 bits per heavy atom. The van der Waals surface area contributed by atoms with Gasteiger partial charge in [-0.3, -0.25) is 4.79 Å². The first-order chi connectivity index (χ1) is 8.06. The summed E-state index contributed by atoms with van der Waals surface area (Å²) in [5.74, 6) is -0.471. The van der Waals surface area contributed by atoms with Crippen molar-refractivity contribution in [2.45, 2.75) is 0 Å². The largest absolute Gasteiger partial charge is 0.493 e. The molecule has 0 fully saturated rings. The number of likely N-dealkylation sites (N-methyl/N-ethyl adjacent to an activating group) is 1. The van der Waals surface area contributed by atoms with E-state index in [1.165, 1.54) is 20.3 Å². The second kappa shape index (κ2) is 5.97. The molecule has 0 aliphatic carbocycles. The number of carbonyl (C=O) groups is 1. The van der Waals surface area contributed by atoms with Gasteiger partial charge in [0.05, 0.1) is 30.8 Å². The summed E-state index contributed by atoms with van der Waals surface area (Å²) >= 11 is 3.05. The summed E-state index contributed by atoms with van der Waals surface area (Å²) in [5.41, 5.74) is -0.0381. The minimum absolute atomic E-state index is 0.0381. The molecule has 1 rings (SSSR count). The molecule has 0 atom stereocenters. The Hall–Kier alpha value is -1.14. The monoisotopic (exact) mass is 305 g/mol. The quantitative estimate of drug-likeness (QED) is 0.845. The van der Waals surface area contributed by atoms with Crippen molar-refractivity contribution in [3.63, 3.8) is 0 Å². The highest BCUT2D eigenvalue weighted by atomic mass is 79.9. The zero-order valence-corrected chi connectivity index (χ0v) is 11.4. The Balaban J connectivity index is 3.34. The van der Waals surface area contributed by atoms with Gasteiger partial charge in [0.25, 0.3) is 0 Å². The van der Waals surface area contributed by atoms with Gasteiger partial charge >= 0.3 is 0 Å². The summed E-state index contributed by atoms with van der Waals surface area (Å²) in [7, 11) is 4.44. The first kappa shape index (κ1) is 13.9. The lowest BCUT2D eigenvalue weighted by atomic mass is 10.1. The van der Waals surface area contributed by atoms with Crippen LogP contribution in [0, 0.1) is 5.82 Å². The molecule has 0 aliphatic rings. The van der Waals surface area contributed by atoms with Crippen molar-refractivity contribution in [1.29, 1.82) is 0 Å². The third kappa shape index (κ3) is 2.76. The van der Waals surface area contributed by atoms with Gasteiger partial charge < -0.3 is 14.8 Å². The third-order valence-corrected chi connectivity index (χ3v) is 2.90. The molecule has 1 aromatic rings. The molecule has 0 aliphatic heterocycles. The van der Waals surface area contributed by atoms with E-state index in [2.05, 4.69) is 21.2 Å². The number of Topliss-reactive ketones (excluding diaryl/α,β-unsaturated/α-hetero) is 1. The van der Waals surface area contributed by atoms with Gasteiger partial charge in [0, 0.05) is 0 Å². The number of nitrogens with one attached hydrogen (secondary N) is 1. The van der Waals surface area contributed by atoms with Crippen LogP contribution < -0.4 is 14.8 Å². The lowest BCUT2D eigenvalue weighted by Gasteiger charge is -2.12. The van der Waals surface area contributed by atoms with Crippen molar-refractivity contribution >= 4 is 21.7 Å². The fraction of sp³-hybridized carbons (Fsp3) is 0.364. The smallest absolute Gasteiger partial charge is 0.179 e. The van der Waals surface area contributed by atoms with Crippen LogP contribution in [0.15, 0.2) is 10.5 Å². The second-order valence-corrected chi connectivity index (χ2v) is 4.03. The van der Waals surface area contributed by atoms with Crippen LogP contribution in [0.25, 0.3) is 0 Å².